The predicted octanol–water partition coefficient (Wildman–Crippen LogP) is 6.53. The number of sulfonamides is 1. The van der Waals surface area contributed by atoms with Gasteiger partial charge in [-0.25, -0.2) is 8.42 Å². The molecule has 38 heavy (non-hydrogen) atoms. The van der Waals surface area contributed by atoms with Gasteiger partial charge in [0.1, 0.15) is 0 Å². The Morgan fingerprint density at radius 2 is 1.58 bits per heavy atom. The Balaban J connectivity index is 1.53. The molecule has 0 radical (unpaired) electrons. The van der Waals surface area contributed by atoms with E-state index in [4.69, 9.17) is 4.74 Å². The van der Waals surface area contributed by atoms with Crippen LogP contribution in [0.1, 0.15) is 39.7 Å². The van der Waals surface area contributed by atoms with Gasteiger partial charge in [0, 0.05) is 17.5 Å². The average Bonchev–Trinajstić information content (AvgIpc) is 3.32. The van der Waals surface area contributed by atoms with Crippen molar-refractivity contribution < 1.29 is 31.1 Å². The molecule has 1 aliphatic rings. The monoisotopic (exact) mass is 539 g/mol. The zero-order valence-electron chi connectivity index (χ0n) is 20.4. The van der Waals surface area contributed by atoms with Crippen molar-refractivity contribution in [3.05, 3.63) is 113 Å². The van der Waals surface area contributed by atoms with E-state index < -0.39 is 39.8 Å². The summed E-state index contributed by atoms with van der Waals surface area (Å²) in [6.07, 6.45) is -5.76. The summed E-state index contributed by atoms with van der Waals surface area (Å²) in [6, 6.07) is 22.5. The summed E-state index contributed by atoms with van der Waals surface area (Å²) in [7, 11) is -4.12. The molecular weight excluding hydrogens is 515 g/mol. The van der Waals surface area contributed by atoms with Crippen molar-refractivity contribution in [2.24, 2.45) is 0 Å². The fourth-order valence-electron chi connectivity index (χ4n) is 4.71. The Labute approximate surface area is 218 Å². The van der Waals surface area contributed by atoms with Crippen molar-refractivity contribution in [2.75, 3.05) is 6.61 Å². The number of rotatable bonds is 6. The molecule has 196 valence electrons. The van der Waals surface area contributed by atoms with Crippen LogP contribution in [0.25, 0.3) is 10.8 Å². The Hall–Kier alpha value is -3.53. The van der Waals surface area contributed by atoms with Crippen LogP contribution in [-0.4, -0.2) is 31.2 Å². The second-order valence-electron chi connectivity index (χ2n) is 9.26. The number of hydrogen-bond donors (Lipinski definition) is 0. The molecule has 0 aliphatic carbocycles. The molecule has 0 saturated carbocycles. The lowest BCUT2D eigenvalue weighted by molar-refractivity contribution is -0.137. The van der Waals surface area contributed by atoms with Crippen molar-refractivity contribution in [1.29, 1.82) is 0 Å². The van der Waals surface area contributed by atoms with Gasteiger partial charge in [-0.2, -0.15) is 17.5 Å². The van der Waals surface area contributed by atoms with E-state index in [-0.39, 0.29) is 23.5 Å². The van der Waals surface area contributed by atoms with E-state index in [1.54, 1.807) is 18.2 Å². The molecule has 1 saturated heterocycles. The molecule has 5 rings (SSSR count). The third kappa shape index (κ3) is 4.97. The van der Waals surface area contributed by atoms with Gasteiger partial charge in [0.25, 0.3) is 0 Å². The summed E-state index contributed by atoms with van der Waals surface area (Å²) in [6.45, 7) is 1.80. The topological polar surface area (TPSA) is 63.7 Å². The maximum atomic E-state index is 14.0. The van der Waals surface area contributed by atoms with E-state index in [0.29, 0.717) is 5.56 Å². The van der Waals surface area contributed by atoms with Crippen LogP contribution in [0.15, 0.2) is 95.9 Å². The molecule has 9 heteroatoms. The first-order valence-electron chi connectivity index (χ1n) is 12.0. The summed E-state index contributed by atoms with van der Waals surface area (Å²) in [4.78, 5) is 13.2. The second kappa shape index (κ2) is 9.98. The number of ketones is 1. The molecular formula is C29H24F3NO4S. The minimum atomic E-state index is -4.52. The molecule has 2 atom stereocenters. The third-order valence-corrected chi connectivity index (χ3v) is 8.59. The summed E-state index contributed by atoms with van der Waals surface area (Å²) in [5, 5.41) is 1.73. The van der Waals surface area contributed by atoms with Gasteiger partial charge in [0.15, 0.2) is 12.0 Å². The molecule has 0 N–H and O–H groups in total. The lowest BCUT2D eigenvalue weighted by Gasteiger charge is -2.28. The maximum absolute atomic E-state index is 14.0. The van der Waals surface area contributed by atoms with Gasteiger partial charge in [0.2, 0.25) is 10.0 Å². The van der Waals surface area contributed by atoms with E-state index >= 15 is 0 Å². The molecule has 1 heterocycles. The zero-order chi connectivity index (χ0) is 27.1. The second-order valence-corrected chi connectivity index (χ2v) is 11.1. The highest BCUT2D eigenvalue weighted by Crippen LogP contribution is 2.40. The van der Waals surface area contributed by atoms with E-state index in [1.165, 1.54) is 16.4 Å². The number of halogens is 3. The summed E-state index contributed by atoms with van der Waals surface area (Å²) in [5.74, 6) is -0.477. The SMILES string of the molecule is Cc1ccc(S(=O)(=O)N2[C@H](CC(=O)c3ccc(C(F)(F)F)cc3)CO[C@@H]2c2cccc3ccccc23)cc1. The lowest BCUT2D eigenvalue weighted by Crippen LogP contribution is -2.39. The standard InChI is InChI=1S/C29H24F3NO4S/c1-19-9-15-24(16-10-19)38(35,36)33-23(17-27(34)21-11-13-22(14-12-21)29(30,31)32)18-37-28(33)26-8-4-6-20-5-2-3-7-25(20)26/h2-16,23,28H,17-18H2,1H3/t23-,28-/m1/s1. The molecule has 1 aliphatic heterocycles. The van der Waals surface area contributed by atoms with E-state index in [0.717, 1.165) is 40.6 Å². The Kier molecular flexibility index (Phi) is 6.85. The highest BCUT2D eigenvalue weighted by atomic mass is 32.2. The number of aryl methyl sites for hydroxylation is 1. The third-order valence-electron chi connectivity index (χ3n) is 6.68. The van der Waals surface area contributed by atoms with Crippen LogP contribution in [0.3, 0.4) is 0 Å². The van der Waals surface area contributed by atoms with Crippen molar-refractivity contribution >= 4 is 26.6 Å². The molecule has 0 unspecified atom stereocenters. The first-order valence-corrected chi connectivity index (χ1v) is 13.4. The summed E-state index contributed by atoms with van der Waals surface area (Å²) < 4.78 is 74.1. The van der Waals surface area contributed by atoms with Crippen molar-refractivity contribution in [1.82, 2.24) is 4.31 Å². The van der Waals surface area contributed by atoms with Gasteiger partial charge in [-0.1, -0.05) is 72.3 Å². The number of hydrogen-bond acceptors (Lipinski definition) is 4. The maximum Gasteiger partial charge on any atom is 0.416 e. The number of alkyl halides is 3. The number of Topliss-reactive ketones (excluding diaryl/α,β-unsaturated/α-hetero) is 1. The molecule has 1 fully saturated rings. The molecule has 4 aromatic carbocycles. The molecule has 4 aromatic rings. The first kappa shape index (κ1) is 26.1. The molecule has 0 amide bonds. The fourth-order valence-corrected chi connectivity index (χ4v) is 6.39. The number of nitrogens with zero attached hydrogens (tertiary/aromatic N) is 1. The smallest absolute Gasteiger partial charge is 0.356 e. The first-order chi connectivity index (χ1) is 18.1. The van der Waals surface area contributed by atoms with Crippen LogP contribution in [0.5, 0.6) is 0 Å². The fraction of sp³-hybridized carbons (Fsp3) is 0.207. The summed E-state index contributed by atoms with van der Waals surface area (Å²) in [5.41, 5.74) is 0.738. The van der Waals surface area contributed by atoms with Crippen LogP contribution in [0.4, 0.5) is 13.2 Å². The van der Waals surface area contributed by atoms with Crippen molar-refractivity contribution in [3.63, 3.8) is 0 Å². The number of carbonyl (C=O) groups excluding carboxylic acids is 1. The minimum Gasteiger partial charge on any atom is -0.356 e. The lowest BCUT2D eigenvalue weighted by atomic mass is 10.0. The van der Waals surface area contributed by atoms with Crippen molar-refractivity contribution in [3.8, 4) is 0 Å². The Bertz CT molecular complexity index is 1580. The molecule has 0 aromatic heterocycles. The minimum absolute atomic E-state index is 0.0502. The highest BCUT2D eigenvalue weighted by molar-refractivity contribution is 7.89. The number of fused-ring (bicyclic) bond motifs is 1. The Morgan fingerprint density at radius 1 is 0.921 bits per heavy atom. The van der Waals surface area contributed by atoms with Crippen molar-refractivity contribution in [2.45, 2.75) is 36.7 Å². The molecule has 0 spiro atoms. The van der Waals surface area contributed by atoms with Gasteiger partial charge < -0.3 is 4.74 Å². The normalized spacial score (nSPS) is 18.6. The molecule has 5 nitrogen and oxygen atoms in total. The number of ether oxygens (including phenoxy) is 1. The van der Waals surface area contributed by atoms with E-state index in [9.17, 15) is 26.4 Å². The Morgan fingerprint density at radius 3 is 2.26 bits per heavy atom. The van der Waals surface area contributed by atoms with Crippen LogP contribution >= 0.6 is 0 Å². The molecule has 0 bridgehead atoms. The van der Waals surface area contributed by atoms with Crippen LogP contribution in [-0.2, 0) is 20.9 Å². The van der Waals surface area contributed by atoms with Gasteiger partial charge >= 0.3 is 6.18 Å². The van der Waals surface area contributed by atoms with E-state index in [1.807, 2.05) is 43.3 Å². The summed E-state index contributed by atoms with van der Waals surface area (Å²) >= 11 is 0. The quantitative estimate of drug-likeness (QED) is 0.262. The number of carbonyl (C=O) groups is 1. The van der Waals surface area contributed by atoms with Crippen LogP contribution in [0, 0.1) is 6.92 Å². The zero-order valence-corrected chi connectivity index (χ0v) is 21.2. The van der Waals surface area contributed by atoms with Gasteiger partial charge in [-0.3, -0.25) is 4.79 Å². The predicted molar refractivity (Wildman–Crippen MR) is 137 cm³/mol. The highest BCUT2D eigenvalue weighted by Gasteiger charge is 2.45. The van der Waals surface area contributed by atoms with Gasteiger partial charge in [-0.15, -0.1) is 0 Å². The van der Waals surface area contributed by atoms with Gasteiger partial charge in [-0.05, 0) is 42.0 Å². The van der Waals surface area contributed by atoms with E-state index in [2.05, 4.69) is 0 Å². The van der Waals surface area contributed by atoms with Crippen LogP contribution in [0.2, 0.25) is 0 Å². The number of benzene rings is 4. The van der Waals surface area contributed by atoms with Gasteiger partial charge in [0.05, 0.1) is 23.1 Å². The van der Waals surface area contributed by atoms with Crippen LogP contribution < -0.4 is 0 Å². The average molecular weight is 540 g/mol. The largest absolute Gasteiger partial charge is 0.416 e.